The summed E-state index contributed by atoms with van der Waals surface area (Å²) in [6.07, 6.45) is 15.5. The van der Waals surface area contributed by atoms with Crippen molar-refractivity contribution in [2.75, 3.05) is 12.0 Å². The van der Waals surface area contributed by atoms with E-state index in [9.17, 15) is 8.42 Å². The molecular weight excluding hydrogens is 676 g/mol. The first-order chi connectivity index (χ1) is 20.8. The van der Waals surface area contributed by atoms with Gasteiger partial charge in [0, 0.05) is 13.5 Å². The Balaban J connectivity index is 0.000000233. The van der Waals surface area contributed by atoms with Crippen LogP contribution in [0.15, 0.2) is 103 Å². The smallest absolute Gasteiger partial charge is 0.406 e. The maximum absolute atomic E-state index is 9.19. The van der Waals surface area contributed by atoms with Gasteiger partial charge in [0.2, 0.25) is 0 Å². The molecule has 3 N–H and O–H groups in total. The average molecular weight is 722 g/mol. The zero-order chi connectivity index (χ0) is 30.5. The van der Waals surface area contributed by atoms with Gasteiger partial charge in [0.25, 0.3) is 10.1 Å². The van der Waals surface area contributed by atoms with E-state index in [0.29, 0.717) is 6.26 Å². The number of rotatable bonds is 5. The van der Waals surface area contributed by atoms with Crippen molar-refractivity contribution >= 4 is 29.0 Å². The summed E-state index contributed by atoms with van der Waals surface area (Å²) in [4.78, 5) is 0. The predicted octanol–water partition coefficient (Wildman–Crippen LogP) is 9.10. The number of benzene rings is 4. The number of anilines is 1. The van der Waals surface area contributed by atoms with Crippen LogP contribution in [-0.4, -0.2) is 30.5 Å². The molecule has 0 saturated heterocycles. The third-order valence-electron chi connectivity index (χ3n) is 8.37. The van der Waals surface area contributed by atoms with Gasteiger partial charge >= 0.3 is 20.4 Å². The van der Waals surface area contributed by atoms with Crippen molar-refractivity contribution in [2.24, 2.45) is 0 Å². The van der Waals surface area contributed by atoms with Crippen LogP contribution in [0.2, 0.25) is 0 Å². The van der Waals surface area contributed by atoms with Crippen molar-refractivity contribution in [2.45, 2.75) is 75.5 Å². The normalized spacial score (nSPS) is 15.6. The van der Waals surface area contributed by atoms with Crippen LogP contribution >= 0.6 is 7.92 Å². The first-order valence-electron chi connectivity index (χ1n) is 15.6. The van der Waals surface area contributed by atoms with Crippen molar-refractivity contribution in [3.05, 3.63) is 109 Å². The molecule has 0 aromatic heterocycles. The van der Waals surface area contributed by atoms with Gasteiger partial charge in [-0.05, 0) is 74.8 Å². The number of nitrogens with two attached hydrogens (primary N) is 1. The minimum absolute atomic E-state index is 0. The third kappa shape index (κ3) is 11.6. The van der Waals surface area contributed by atoms with E-state index in [-0.39, 0.29) is 20.4 Å². The Morgan fingerprint density at radius 2 is 1.16 bits per heavy atom. The molecule has 0 spiro atoms. The molecule has 6 rings (SSSR count). The summed E-state index contributed by atoms with van der Waals surface area (Å²) in [5.74, 6) is 0. The van der Waals surface area contributed by atoms with Crippen LogP contribution in [0.4, 0.5) is 5.69 Å². The quantitative estimate of drug-likeness (QED) is 0.0709. The first kappa shape index (κ1) is 36.2. The Hall–Kier alpha value is -2.32. The summed E-state index contributed by atoms with van der Waals surface area (Å²) in [5, 5.41) is 1.75. The molecule has 2 saturated carbocycles. The van der Waals surface area contributed by atoms with E-state index >= 15 is 0 Å². The molecule has 0 heterocycles. The number of hydrogen-bond acceptors (Lipinski definition) is 3. The monoisotopic (exact) mass is 721 g/mol. The van der Waals surface area contributed by atoms with Gasteiger partial charge in [-0.25, -0.2) is 0 Å². The standard InChI is InChI=1S/C24H31P.C12H10N.CH4O3S.Pd/c1-4-12-20(13-5-1)23-18-10-11-19-24(23)25(21-14-6-2-7-15-21)22-16-8-3-9-17-22;13-12-9-5-4-8-11(12)10-6-2-1-3-7-10;1-5(2,3)4;/h1,4-5,10-13,18-19,21-22H,2-3,6-9,14-17H2;1-6,8-9H,13H2;1H3,(H,2,3,4);/q;-1;;+2/p+1. The second-order valence-electron chi connectivity index (χ2n) is 11.6. The van der Waals surface area contributed by atoms with E-state index in [2.05, 4.69) is 60.7 Å². The molecule has 0 unspecified atom stereocenters. The fourth-order valence-corrected chi connectivity index (χ4v) is 10.9. The van der Waals surface area contributed by atoms with Crippen molar-refractivity contribution < 1.29 is 33.4 Å². The van der Waals surface area contributed by atoms with E-state index in [4.69, 9.17) is 10.3 Å². The van der Waals surface area contributed by atoms with Gasteiger partial charge in [0.05, 0.1) is 22.9 Å². The van der Waals surface area contributed by atoms with Crippen molar-refractivity contribution in [1.29, 1.82) is 0 Å². The van der Waals surface area contributed by atoms with E-state index < -0.39 is 18.0 Å². The SMILES string of the molecule is CS(=O)(=O)O.Nc1ccccc1-c1[c-]cccc1.[Pd+2].c1ccc(-c2ccccc2[PH+](C2CCCCC2)C2CCCCC2)cc1. The number of para-hydroxylation sites is 1. The maximum atomic E-state index is 9.19. The summed E-state index contributed by atoms with van der Waals surface area (Å²) >= 11 is 0. The molecule has 44 heavy (non-hydrogen) atoms. The van der Waals surface area contributed by atoms with Crippen LogP contribution in [0.25, 0.3) is 22.3 Å². The largest absolute Gasteiger partial charge is 2.00 e. The van der Waals surface area contributed by atoms with Crippen LogP contribution in [0.5, 0.6) is 0 Å². The molecule has 7 heteroatoms. The molecule has 2 aliphatic carbocycles. The molecule has 236 valence electrons. The van der Waals surface area contributed by atoms with Gasteiger partial charge in [-0.3, -0.25) is 4.55 Å². The first-order valence-corrected chi connectivity index (χ1v) is 19.1. The summed E-state index contributed by atoms with van der Waals surface area (Å²) in [6.45, 7) is 0. The van der Waals surface area contributed by atoms with Crippen LogP contribution in [0.1, 0.15) is 64.2 Å². The summed E-state index contributed by atoms with van der Waals surface area (Å²) in [7, 11) is -4.17. The van der Waals surface area contributed by atoms with Crippen LogP contribution < -0.4 is 11.0 Å². The predicted molar refractivity (Wildman–Crippen MR) is 186 cm³/mol. The Kier molecular flexibility index (Phi) is 15.3. The zero-order valence-corrected chi connectivity index (χ0v) is 29.0. The van der Waals surface area contributed by atoms with Gasteiger partial charge in [-0.1, -0.05) is 85.1 Å². The fraction of sp³-hybridized carbons (Fsp3) is 0.351. The van der Waals surface area contributed by atoms with Crippen LogP contribution in [0, 0.1) is 6.07 Å². The number of hydrogen-bond donors (Lipinski definition) is 2. The minimum atomic E-state index is -3.67. The molecule has 0 atom stereocenters. The molecule has 0 aliphatic heterocycles. The molecule has 0 radical (unpaired) electrons. The van der Waals surface area contributed by atoms with E-state index in [1.165, 1.54) is 75.3 Å². The van der Waals surface area contributed by atoms with Crippen LogP contribution in [-0.2, 0) is 30.5 Å². The number of nitrogen functional groups attached to an aromatic ring is 1. The second-order valence-corrected chi connectivity index (χ2v) is 16.2. The molecule has 2 fully saturated rings. The van der Waals surface area contributed by atoms with Gasteiger partial charge in [-0.15, -0.1) is 35.9 Å². The molecule has 4 nitrogen and oxygen atoms in total. The average Bonchev–Trinajstić information content (AvgIpc) is 3.03. The summed E-state index contributed by atoms with van der Waals surface area (Å²) < 4.78 is 25.9. The van der Waals surface area contributed by atoms with Gasteiger partial charge < -0.3 is 5.73 Å². The van der Waals surface area contributed by atoms with Gasteiger partial charge in [-0.2, -0.15) is 8.42 Å². The van der Waals surface area contributed by atoms with Crippen molar-refractivity contribution in [3.8, 4) is 22.3 Å². The third-order valence-corrected chi connectivity index (χ3v) is 12.3. The minimum Gasteiger partial charge on any atom is -0.406 e. The molecule has 0 bridgehead atoms. The molecule has 0 amide bonds. The maximum Gasteiger partial charge on any atom is 2.00 e. The Morgan fingerprint density at radius 3 is 1.68 bits per heavy atom. The van der Waals surface area contributed by atoms with Crippen LogP contribution in [0.3, 0.4) is 0 Å². The van der Waals surface area contributed by atoms with Crippen molar-refractivity contribution in [3.63, 3.8) is 0 Å². The van der Waals surface area contributed by atoms with E-state index in [1.807, 2.05) is 48.5 Å². The van der Waals surface area contributed by atoms with Crippen molar-refractivity contribution in [1.82, 2.24) is 0 Å². The Morgan fingerprint density at radius 1 is 0.682 bits per heavy atom. The summed E-state index contributed by atoms with van der Waals surface area (Å²) in [5.41, 5.74) is 13.7. The fourth-order valence-electron chi connectivity index (χ4n) is 6.51. The zero-order valence-electron chi connectivity index (χ0n) is 25.6. The topological polar surface area (TPSA) is 80.4 Å². The molecule has 4 aromatic carbocycles. The molecule has 2 aliphatic rings. The molecule has 4 aromatic rings. The van der Waals surface area contributed by atoms with E-state index in [0.717, 1.165) is 28.1 Å². The second kappa shape index (κ2) is 18.6. The van der Waals surface area contributed by atoms with Gasteiger partial charge in [0.1, 0.15) is 0 Å². The van der Waals surface area contributed by atoms with Gasteiger partial charge in [0.15, 0.2) is 0 Å². The molecular formula is C37H46NO3PPdS+2. The van der Waals surface area contributed by atoms with E-state index in [1.54, 1.807) is 5.30 Å². The summed E-state index contributed by atoms with van der Waals surface area (Å²) in [6, 6.07) is 39.4. The Labute approximate surface area is 280 Å². The Bertz CT molecular complexity index is 1460.